The highest BCUT2D eigenvalue weighted by atomic mass is 16.4. The summed E-state index contributed by atoms with van der Waals surface area (Å²) in [5.74, 6) is 0.594. The Morgan fingerprint density at radius 2 is 1.79 bits per heavy atom. The second kappa shape index (κ2) is 2.34. The quantitative estimate of drug-likeness (QED) is 0.630. The third-order valence-corrected chi connectivity index (χ3v) is 4.79. The van der Waals surface area contributed by atoms with Crippen LogP contribution < -0.4 is 5.11 Å². The van der Waals surface area contributed by atoms with Gasteiger partial charge in [-0.15, -0.1) is 0 Å². The second-order valence-corrected chi connectivity index (χ2v) is 6.34. The molecule has 4 fully saturated rings. The zero-order valence-electron chi connectivity index (χ0n) is 8.71. The molecule has 2 nitrogen and oxygen atoms in total. The molecule has 4 atom stereocenters. The number of hydrogen-bond acceptors (Lipinski definition) is 2. The normalized spacial score (nSPS) is 54.9. The highest BCUT2D eigenvalue weighted by Gasteiger charge is 2.56. The standard InChI is InChI=1S/C12H18O2/c1-11-3-8-2-9(4-11)6-12(5-8,7-11)10(13)14/h8-9H,2-7H2,1H3,(H,13,14)/p-1/t8-,9+,11?,12?. The Morgan fingerprint density at radius 1 is 1.21 bits per heavy atom. The largest absolute Gasteiger partial charge is 0.550 e. The predicted octanol–water partition coefficient (Wildman–Crippen LogP) is 1.34. The molecule has 2 heteroatoms. The summed E-state index contributed by atoms with van der Waals surface area (Å²) in [4.78, 5) is 11.3. The van der Waals surface area contributed by atoms with Crippen LogP contribution in [0.2, 0.25) is 0 Å². The number of carbonyl (C=O) groups is 1. The maximum Gasteiger partial charge on any atom is 0.0476 e. The third-order valence-electron chi connectivity index (χ3n) is 4.79. The maximum absolute atomic E-state index is 11.3. The van der Waals surface area contributed by atoms with Gasteiger partial charge in [0.15, 0.2) is 0 Å². The zero-order chi connectivity index (χ0) is 9.97. The highest BCUT2D eigenvalue weighted by Crippen LogP contribution is 2.64. The van der Waals surface area contributed by atoms with E-state index in [1.54, 1.807) is 0 Å². The van der Waals surface area contributed by atoms with Crippen molar-refractivity contribution in [2.45, 2.75) is 45.4 Å². The van der Waals surface area contributed by atoms with Crippen molar-refractivity contribution in [1.82, 2.24) is 0 Å². The average molecular weight is 193 g/mol. The Morgan fingerprint density at radius 3 is 2.21 bits per heavy atom. The number of carbonyl (C=O) groups excluding carboxylic acids is 1. The van der Waals surface area contributed by atoms with E-state index >= 15 is 0 Å². The Labute approximate surface area is 84.7 Å². The van der Waals surface area contributed by atoms with E-state index in [0.29, 0.717) is 17.3 Å². The Balaban J connectivity index is 2.00. The van der Waals surface area contributed by atoms with E-state index in [-0.39, 0.29) is 0 Å². The first-order valence-electron chi connectivity index (χ1n) is 5.73. The minimum Gasteiger partial charge on any atom is -0.550 e. The van der Waals surface area contributed by atoms with E-state index in [2.05, 4.69) is 6.92 Å². The second-order valence-electron chi connectivity index (χ2n) is 6.34. The molecule has 2 unspecified atom stereocenters. The molecule has 14 heavy (non-hydrogen) atoms. The van der Waals surface area contributed by atoms with E-state index < -0.39 is 11.4 Å². The van der Waals surface area contributed by atoms with Crippen LogP contribution in [0, 0.1) is 22.7 Å². The van der Waals surface area contributed by atoms with Gasteiger partial charge < -0.3 is 9.90 Å². The fourth-order valence-electron chi connectivity index (χ4n) is 4.96. The van der Waals surface area contributed by atoms with Gasteiger partial charge in [0.2, 0.25) is 0 Å². The summed E-state index contributed by atoms with van der Waals surface area (Å²) in [6.45, 7) is 2.28. The summed E-state index contributed by atoms with van der Waals surface area (Å²) in [6.07, 6.45) is 6.50. The van der Waals surface area contributed by atoms with Gasteiger partial charge in [-0.3, -0.25) is 0 Å². The molecule has 0 saturated heterocycles. The lowest BCUT2D eigenvalue weighted by Crippen LogP contribution is -2.57. The summed E-state index contributed by atoms with van der Waals surface area (Å²) in [7, 11) is 0. The summed E-state index contributed by atoms with van der Waals surface area (Å²) in [6, 6.07) is 0. The van der Waals surface area contributed by atoms with Crippen molar-refractivity contribution in [3.63, 3.8) is 0 Å². The smallest absolute Gasteiger partial charge is 0.0476 e. The number of aliphatic carboxylic acids is 1. The Bertz CT molecular complexity index is 281. The van der Waals surface area contributed by atoms with Crippen LogP contribution in [0.5, 0.6) is 0 Å². The first-order chi connectivity index (χ1) is 6.51. The molecule has 0 spiro atoms. The molecular weight excluding hydrogens is 176 g/mol. The molecule has 4 rings (SSSR count). The van der Waals surface area contributed by atoms with E-state index in [4.69, 9.17) is 0 Å². The summed E-state index contributed by atoms with van der Waals surface area (Å²) in [5.41, 5.74) is -0.108. The minimum absolute atomic E-state index is 0.324. The van der Waals surface area contributed by atoms with Crippen LogP contribution in [0.3, 0.4) is 0 Å². The molecule has 4 bridgehead atoms. The lowest BCUT2D eigenvalue weighted by Gasteiger charge is -2.61. The third kappa shape index (κ3) is 0.999. The fraction of sp³-hybridized carbons (Fsp3) is 0.917. The van der Waals surface area contributed by atoms with E-state index in [9.17, 15) is 9.90 Å². The molecule has 0 aromatic heterocycles. The lowest BCUT2D eigenvalue weighted by molar-refractivity contribution is -0.329. The number of hydrogen-bond donors (Lipinski definition) is 0. The number of rotatable bonds is 1. The molecule has 0 aromatic rings. The maximum atomic E-state index is 11.3. The SMILES string of the molecule is CC12C[C@H]3C[C@@H](C1)CC(C(=O)[O-])(C3)C2. The van der Waals surface area contributed by atoms with Gasteiger partial charge in [0, 0.05) is 11.4 Å². The monoisotopic (exact) mass is 193 g/mol. The lowest BCUT2D eigenvalue weighted by atomic mass is 9.45. The van der Waals surface area contributed by atoms with E-state index in [1.807, 2.05) is 0 Å². The topological polar surface area (TPSA) is 40.1 Å². The van der Waals surface area contributed by atoms with E-state index in [1.165, 1.54) is 19.3 Å². The van der Waals surface area contributed by atoms with Gasteiger partial charge in [-0.05, 0) is 55.8 Å². The molecule has 0 radical (unpaired) electrons. The molecule has 4 aliphatic carbocycles. The molecule has 0 aromatic carbocycles. The Kier molecular flexibility index (Phi) is 1.46. The molecule has 0 amide bonds. The number of carboxylic acid groups (broad SMARTS) is 1. The van der Waals surface area contributed by atoms with Crippen LogP contribution in [-0.2, 0) is 4.79 Å². The van der Waals surface area contributed by atoms with Crippen LogP contribution in [0.25, 0.3) is 0 Å². The average Bonchev–Trinajstić information content (AvgIpc) is 1.98. The van der Waals surface area contributed by atoms with Crippen LogP contribution in [-0.4, -0.2) is 5.97 Å². The minimum atomic E-state index is -0.766. The molecule has 0 N–H and O–H groups in total. The van der Waals surface area contributed by atoms with Crippen molar-refractivity contribution in [3.8, 4) is 0 Å². The van der Waals surface area contributed by atoms with Crippen molar-refractivity contribution < 1.29 is 9.90 Å². The predicted molar refractivity (Wildman–Crippen MR) is 50.2 cm³/mol. The van der Waals surface area contributed by atoms with Crippen molar-refractivity contribution in [3.05, 3.63) is 0 Å². The first-order valence-corrected chi connectivity index (χ1v) is 5.73. The van der Waals surface area contributed by atoms with Crippen molar-refractivity contribution in [1.29, 1.82) is 0 Å². The van der Waals surface area contributed by atoms with E-state index in [0.717, 1.165) is 19.3 Å². The van der Waals surface area contributed by atoms with Crippen molar-refractivity contribution in [2.24, 2.45) is 22.7 Å². The van der Waals surface area contributed by atoms with Gasteiger partial charge in [-0.2, -0.15) is 0 Å². The van der Waals surface area contributed by atoms with Crippen LogP contribution >= 0.6 is 0 Å². The van der Waals surface area contributed by atoms with Gasteiger partial charge in [0.05, 0.1) is 0 Å². The molecular formula is C12H17O2-. The molecule has 0 aliphatic heterocycles. The summed E-state index contributed by atoms with van der Waals surface area (Å²) in [5, 5.41) is 11.3. The highest BCUT2D eigenvalue weighted by molar-refractivity contribution is 5.73. The Hall–Kier alpha value is -0.530. The van der Waals surface area contributed by atoms with Crippen molar-refractivity contribution in [2.75, 3.05) is 0 Å². The van der Waals surface area contributed by atoms with Gasteiger partial charge >= 0.3 is 0 Å². The summed E-state index contributed by atoms with van der Waals surface area (Å²) >= 11 is 0. The van der Waals surface area contributed by atoms with Crippen LogP contribution in [0.4, 0.5) is 0 Å². The van der Waals surface area contributed by atoms with Crippen LogP contribution in [0.15, 0.2) is 0 Å². The van der Waals surface area contributed by atoms with Gasteiger partial charge in [0.1, 0.15) is 0 Å². The van der Waals surface area contributed by atoms with Crippen LogP contribution in [0.1, 0.15) is 45.4 Å². The van der Waals surface area contributed by atoms with Crippen molar-refractivity contribution >= 4 is 5.97 Å². The first kappa shape index (κ1) is 8.75. The van der Waals surface area contributed by atoms with Gasteiger partial charge in [0.25, 0.3) is 0 Å². The molecule has 4 aliphatic rings. The zero-order valence-corrected chi connectivity index (χ0v) is 8.71. The molecule has 78 valence electrons. The van der Waals surface area contributed by atoms with Gasteiger partial charge in [-0.1, -0.05) is 6.92 Å². The fourth-order valence-corrected chi connectivity index (χ4v) is 4.96. The molecule has 0 heterocycles. The summed E-state index contributed by atoms with van der Waals surface area (Å²) < 4.78 is 0. The molecule has 4 saturated carbocycles. The number of carboxylic acids is 1. The van der Waals surface area contributed by atoms with Gasteiger partial charge in [-0.25, -0.2) is 0 Å².